The van der Waals surface area contributed by atoms with Crippen LogP contribution in [0.4, 0.5) is 11.4 Å². The molecule has 5 heteroatoms. The number of anilines is 2. The first-order valence-corrected chi connectivity index (χ1v) is 7.81. The van der Waals surface area contributed by atoms with E-state index in [9.17, 15) is 9.59 Å². The van der Waals surface area contributed by atoms with E-state index < -0.39 is 0 Å². The van der Waals surface area contributed by atoms with Gasteiger partial charge in [-0.1, -0.05) is 12.1 Å². The first-order valence-electron chi connectivity index (χ1n) is 7.81. The van der Waals surface area contributed by atoms with Crippen LogP contribution in [-0.2, 0) is 4.79 Å². The molecule has 0 aliphatic rings. The molecule has 0 saturated heterocycles. The zero-order valence-electron chi connectivity index (χ0n) is 14.3. The Balaban J connectivity index is 2.16. The minimum Gasteiger partial charge on any atom is -0.491 e. The van der Waals surface area contributed by atoms with Crippen LogP contribution in [0.5, 0.6) is 5.75 Å². The summed E-state index contributed by atoms with van der Waals surface area (Å²) in [5.41, 5.74) is 2.73. The molecule has 0 atom stereocenters. The maximum atomic E-state index is 12.4. The third kappa shape index (κ3) is 4.84. The van der Waals surface area contributed by atoms with E-state index in [1.165, 1.54) is 6.92 Å². The van der Waals surface area contributed by atoms with Gasteiger partial charge >= 0.3 is 0 Å². The van der Waals surface area contributed by atoms with Gasteiger partial charge in [-0.2, -0.15) is 0 Å². The molecule has 5 nitrogen and oxygen atoms in total. The number of hydrogen-bond donors (Lipinski definition) is 2. The SMILES string of the molecule is CC(=O)Nc1cc(NC(=O)c2cccc(OC(C)C)c2)ccc1C. The van der Waals surface area contributed by atoms with E-state index in [1.807, 2.05) is 32.9 Å². The quantitative estimate of drug-likeness (QED) is 0.873. The van der Waals surface area contributed by atoms with E-state index in [0.29, 0.717) is 22.7 Å². The fourth-order valence-corrected chi connectivity index (χ4v) is 2.21. The van der Waals surface area contributed by atoms with Crippen molar-refractivity contribution in [3.63, 3.8) is 0 Å². The molecule has 0 saturated carbocycles. The van der Waals surface area contributed by atoms with E-state index >= 15 is 0 Å². The minimum atomic E-state index is -0.234. The lowest BCUT2D eigenvalue weighted by molar-refractivity contribution is -0.114. The lowest BCUT2D eigenvalue weighted by Gasteiger charge is -2.12. The number of amides is 2. The van der Waals surface area contributed by atoms with Crippen molar-refractivity contribution in [1.29, 1.82) is 0 Å². The van der Waals surface area contributed by atoms with Gasteiger partial charge in [0, 0.05) is 23.9 Å². The highest BCUT2D eigenvalue weighted by atomic mass is 16.5. The number of aryl methyl sites for hydroxylation is 1. The lowest BCUT2D eigenvalue weighted by Crippen LogP contribution is -2.13. The van der Waals surface area contributed by atoms with Crippen LogP contribution >= 0.6 is 0 Å². The van der Waals surface area contributed by atoms with Crippen molar-refractivity contribution in [3.8, 4) is 5.75 Å². The molecule has 2 aromatic carbocycles. The van der Waals surface area contributed by atoms with Crippen molar-refractivity contribution < 1.29 is 14.3 Å². The largest absolute Gasteiger partial charge is 0.491 e. The predicted molar refractivity (Wildman–Crippen MR) is 95.6 cm³/mol. The summed E-state index contributed by atoms with van der Waals surface area (Å²) in [6, 6.07) is 12.4. The molecule has 2 amide bonds. The van der Waals surface area contributed by atoms with E-state index in [-0.39, 0.29) is 17.9 Å². The summed E-state index contributed by atoms with van der Waals surface area (Å²) >= 11 is 0. The van der Waals surface area contributed by atoms with Crippen molar-refractivity contribution in [2.75, 3.05) is 10.6 Å². The van der Waals surface area contributed by atoms with Crippen molar-refractivity contribution in [1.82, 2.24) is 0 Å². The Morgan fingerprint density at radius 2 is 1.79 bits per heavy atom. The van der Waals surface area contributed by atoms with Gasteiger partial charge in [-0.25, -0.2) is 0 Å². The summed E-state index contributed by atoms with van der Waals surface area (Å²) in [5.74, 6) is 0.266. The maximum Gasteiger partial charge on any atom is 0.255 e. The summed E-state index contributed by atoms with van der Waals surface area (Å²) in [6.07, 6.45) is 0.0422. The second kappa shape index (κ2) is 7.64. The molecule has 0 radical (unpaired) electrons. The van der Waals surface area contributed by atoms with Gasteiger partial charge < -0.3 is 15.4 Å². The minimum absolute atomic E-state index is 0.0422. The number of nitrogens with one attached hydrogen (secondary N) is 2. The molecule has 2 N–H and O–H groups in total. The third-order valence-electron chi connectivity index (χ3n) is 3.27. The molecule has 0 unspecified atom stereocenters. The van der Waals surface area contributed by atoms with Crippen molar-refractivity contribution in [3.05, 3.63) is 53.6 Å². The molecule has 0 aliphatic heterocycles. The average molecular weight is 326 g/mol. The van der Waals surface area contributed by atoms with Gasteiger partial charge in [-0.3, -0.25) is 9.59 Å². The van der Waals surface area contributed by atoms with Gasteiger partial charge in [0.25, 0.3) is 5.91 Å². The topological polar surface area (TPSA) is 67.4 Å². The Bertz CT molecular complexity index is 754. The number of ether oxygens (including phenoxy) is 1. The fraction of sp³-hybridized carbons (Fsp3) is 0.263. The molecule has 2 aromatic rings. The number of rotatable bonds is 5. The van der Waals surface area contributed by atoms with E-state index in [2.05, 4.69) is 10.6 Å². The highest BCUT2D eigenvalue weighted by Crippen LogP contribution is 2.22. The van der Waals surface area contributed by atoms with Crippen LogP contribution in [0.15, 0.2) is 42.5 Å². The highest BCUT2D eigenvalue weighted by Gasteiger charge is 2.09. The standard InChI is InChI=1S/C19H22N2O3/c1-12(2)24-17-7-5-6-15(10-17)19(23)21-16-9-8-13(3)18(11-16)20-14(4)22/h5-12H,1-4H3,(H,20,22)(H,21,23). The Hall–Kier alpha value is -2.82. The molecule has 126 valence electrons. The van der Waals surface area contributed by atoms with Crippen LogP contribution in [0, 0.1) is 6.92 Å². The molecule has 0 aliphatic carbocycles. The summed E-state index contributed by atoms with van der Waals surface area (Å²) in [6.45, 7) is 7.21. The van der Waals surface area contributed by atoms with Crippen LogP contribution in [0.2, 0.25) is 0 Å². The van der Waals surface area contributed by atoms with Gasteiger partial charge in [0.1, 0.15) is 5.75 Å². The second-order valence-electron chi connectivity index (χ2n) is 5.86. The molecule has 0 heterocycles. The first kappa shape index (κ1) is 17.5. The zero-order valence-corrected chi connectivity index (χ0v) is 14.3. The van der Waals surface area contributed by atoms with Crippen molar-refractivity contribution >= 4 is 23.2 Å². The zero-order chi connectivity index (χ0) is 17.7. The Labute approximate surface area is 142 Å². The van der Waals surface area contributed by atoms with Gasteiger partial charge in [-0.05, 0) is 56.7 Å². The fourth-order valence-electron chi connectivity index (χ4n) is 2.21. The summed E-state index contributed by atoms with van der Waals surface area (Å²) in [5, 5.41) is 5.58. The summed E-state index contributed by atoms with van der Waals surface area (Å²) < 4.78 is 5.61. The molecular weight excluding hydrogens is 304 g/mol. The molecule has 0 aromatic heterocycles. The number of benzene rings is 2. The monoisotopic (exact) mass is 326 g/mol. The predicted octanol–water partition coefficient (Wildman–Crippen LogP) is 3.99. The number of carbonyl (C=O) groups is 2. The van der Waals surface area contributed by atoms with Gasteiger partial charge in [0.05, 0.1) is 6.10 Å². The normalized spacial score (nSPS) is 10.4. The first-order chi connectivity index (χ1) is 11.3. The summed E-state index contributed by atoms with van der Waals surface area (Å²) in [7, 11) is 0. The molecule has 0 spiro atoms. The van der Waals surface area contributed by atoms with Crippen LogP contribution in [0.1, 0.15) is 36.7 Å². The highest BCUT2D eigenvalue weighted by molar-refractivity contribution is 6.05. The van der Waals surface area contributed by atoms with E-state index in [4.69, 9.17) is 4.74 Å². The molecule has 24 heavy (non-hydrogen) atoms. The third-order valence-corrected chi connectivity index (χ3v) is 3.27. The number of hydrogen-bond acceptors (Lipinski definition) is 3. The van der Waals surface area contributed by atoms with Crippen molar-refractivity contribution in [2.24, 2.45) is 0 Å². The van der Waals surface area contributed by atoms with Gasteiger partial charge in [-0.15, -0.1) is 0 Å². The Kier molecular flexibility index (Phi) is 5.58. The van der Waals surface area contributed by atoms with Gasteiger partial charge in [0.2, 0.25) is 5.91 Å². The number of carbonyl (C=O) groups excluding carboxylic acids is 2. The van der Waals surface area contributed by atoms with E-state index in [1.54, 1.807) is 30.3 Å². The molecule has 0 fully saturated rings. The lowest BCUT2D eigenvalue weighted by atomic mass is 10.1. The maximum absolute atomic E-state index is 12.4. The second-order valence-corrected chi connectivity index (χ2v) is 5.86. The van der Waals surface area contributed by atoms with Gasteiger partial charge in [0.15, 0.2) is 0 Å². The Morgan fingerprint density at radius 3 is 2.46 bits per heavy atom. The van der Waals surface area contributed by atoms with Crippen LogP contribution in [-0.4, -0.2) is 17.9 Å². The van der Waals surface area contributed by atoms with E-state index in [0.717, 1.165) is 5.56 Å². The van der Waals surface area contributed by atoms with Crippen molar-refractivity contribution in [2.45, 2.75) is 33.8 Å². The smallest absolute Gasteiger partial charge is 0.255 e. The average Bonchev–Trinajstić information content (AvgIpc) is 2.49. The van der Waals surface area contributed by atoms with Crippen LogP contribution in [0.3, 0.4) is 0 Å². The molecule has 0 bridgehead atoms. The molecular formula is C19H22N2O3. The Morgan fingerprint density at radius 1 is 1.04 bits per heavy atom. The van der Waals surface area contributed by atoms with Crippen LogP contribution < -0.4 is 15.4 Å². The van der Waals surface area contributed by atoms with Crippen LogP contribution in [0.25, 0.3) is 0 Å². The summed E-state index contributed by atoms with van der Waals surface area (Å²) in [4.78, 5) is 23.7. The molecule has 2 rings (SSSR count).